The second-order valence-corrected chi connectivity index (χ2v) is 21.3. The normalized spacial score (nSPS) is 18.6. The molecule has 2 heterocycles. The summed E-state index contributed by atoms with van der Waals surface area (Å²) in [5, 5.41) is 5.88. The summed E-state index contributed by atoms with van der Waals surface area (Å²) in [7, 11) is -3.81. The molecule has 60 heavy (non-hydrogen) atoms. The summed E-state index contributed by atoms with van der Waals surface area (Å²) in [6, 6.07) is 30.8. The van der Waals surface area contributed by atoms with Gasteiger partial charge in [-0.25, -0.2) is 8.42 Å². The number of hydrogen-bond donors (Lipinski definition) is 0. The maximum Gasteiger partial charge on any atom is 0.208 e. The highest BCUT2D eigenvalue weighted by Gasteiger charge is 2.47. The van der Waals surface area contributed by atoms with E-state index in [0.29, 0.717) is 27.6 Å². The van der Waals surface area contributed by atoms with Crippen molar-refractivity contribution in [1.29, 1.82) is 0 Å². The number of fused-ring (bicyclic) bond motifs is 16. The molecule has 298 valence electrons. The molecule has 0 N–H and O–H groups in total. The van der Waals surface area contributed by atoms with Gasteiger partial charge in [0.25, 0.3) is 0 Å². The molecule has 2 unspecified atom stereocenters. The summed E-state index contributed by atoms with van der Waals surface area (Å²) in [4.78, 5) is 0.911. The van der Waals surface area contributed by atoms with Gasteiger partial charge < -0.3 is 4.42 Å². The third kappa shape index (κ3) is 4.28. The standard InChI is InChI=1S/C56H50O3S/c1-25(2)31-19-35(27(5)6)47-37(21-31)29(9)45-40-24-42-50-46(39(40)23-41-49(45)53(47)51-33-15-11-13-17-43(33)59-55(41)51)30(10)38-22-32(26(3)4)20-36(28(7)8)48(38)54(50)52-34-16-12-14-18-44(34)60(57,58)56(42)52/h11-30H,1-10H3. The SMILES string of the molecule is CC(C)c1cc(C(C)C)c2c(c1)C(C)c1c3c(cc4c5c6c(cc14)-c1oc4ccccc4c1C=6c1c(C(C)C)cc(C(C)C)cc1C5C)C1=C(C=32)c2ccccc2S1(=O)=O. The van der Waals surface area contributed by atoms with E-state index in [1.165, 1.54) is 77.4 Å². The first-order valence-electron chi connectivity index (χ1n) is 22.1. The first kappa shape index (κ1) is 36.4. The first-order chi connectivity index (χ1) is 28.7. The van der Waals surface area contributed by atoms with Crippen LogP contribution in [0.3, 0.4) is 0 Å². The van der Waals surface area contributed by atoms with Crippen molar-refractivity contribution in [2.45, 2.75) is 110 Å². The molecule has 0 saturated carbocycles. The smallest absolute Gasteiger partial charge is 0.208 e. The van der Waals surface area contributed by atoms with Gasteiger partial charge in [0.2, 0.25) is 9.84 Å². The van der Waals surface area contributed by atoms with Crippen molar-refractivity contribution >= 4 is 53.2 Å². The lowest BCUT2D eigenvalue weighted by molar-refractivity contribution is 0.606. The molecule has 0 amide bonds. The van der Waals surface area contributed by atoms with Gasteiger partial charge in [-0.15, -0.1) is 0 Å². The maximum absolute atomic E-state index is 15.1. The Hall–Kier alpha value is -5.45. The summed E-state index contributed by atoms with van der Waals surface area (Å²) in [6.07, 6.45) is 0. The lowest BCUT2D eigenvalue weighted by Gasteiger charge is -2.33. The van der Waals surface area contributed by atoms with E-state index in [1.54, 1.807) is 0 Å². The Morgan fingerprint density at radius 1 is 0.517 bits per heavy atom. The number of rotatable bonds is 4. The molecule has 1 aliphatic heterocycles. The number of sulfone groups is 1. The van der Waals surface area contributed by atoms with Crippen LogP contribution in [0, 0.1) is 0 Å². The molecule has 4 aliphatic carbocycles. The summed E-state index contributed by atoms with van der Waals surface area (Å²) in [5.41, 5.74) is 21.3. The van der Waals surface area contributed by atoms with Crippen LogP contribution in [0.4, 0.5) is 0 Å². The predicted molar refractivity (Wildman–Crippen MR) is 247 cm³/mol. The largest absolute Gasteiger partial charge is 0.455 e. The number of para-hydroxylation sites is 1. The molecule has 5 aliphatic rings. The molecule has 4 heteroatoms. The van der Waals surface area contributed by atoms with E-state index < -0.39 is 9.84 Å². The summed E-state index contributed by atoms with van der Waals surface area (Å²) >= 11 is 0. The van der Waals surface area contributed by atoms with Crippen molar-refractivity contribution in [2.75, 3.05) is 0 Å². The molecular formula is C56H50O3S. The van der Waals surface area contributed by atoms with Gasteiger partial charge in [0.05, 0.1) is 9.80 Å². The van der Waals surface area contributed by atoms with Gasteiger partial charge >= 0.3 is 0 Å². The van der Waals surface area contributed by atoms with Crippen molar-refractivity contribution in [3.63, 3.8) is 0 Å². The van der Waals surface area contributed by atoms with E-state index in [4.69, 9.17) is 4.42 Å². The third-order valence-electron chi connectivity index (χ3n) is 14.9. The van der Waals surface area contributed by atoms with Crippen molar-refractivity contribution in [1.82, 2.24) is 0 Å². The summed E-state index contributed by atoms with van der Waals surface area (Å²) in [6.45, 7) is 23.2. The van der Waals surface area contributed by atoms with E-state index in [9.17, 15) is 0 Å². The fraction of sp³-hybridized carbons (Fsp3) is 0.286. The first-order valence-corrected chi connectivity index (χ1v) is 23.6. The highest BCUT2D eigenvalue weighted by molar-refractivity contribution is 8.01. The van der Waals surface area contributed by atoms with E-state index in [1.807, 2.05) is 24.3 Å². The molecule has 1 aromatic heterocycles. The van der Waals surface area contributed by atoms with Gasteiger partial charge in [0.1, 0.15) is 11.3 Å². The van der Waals surface area contributed by atoms with Crippen LogP contribution in [0.25, 0.3) is 54.7 Å². The van der Waals surface area contributed by atoms with E-state index in [2.05, 4.69) is 130 Å². The van der Waals surface area contributed by atoms with E-state index >= 15 is 8.42 Å². The lowest BCUT2D eigenvalue weighted by atomic mass is 9.70. The zero-order chi connectivity index (χ0) is 41.6. The van der Waals surface area contributed by atoms with Crippen molar-refractivity contribution in [3.05, 3.63) is 168 Å². The van der Waals surface area contributed by atoms with Crippen LogP contribution in [-0.2, 0) is 9.84 Å². The predicted octanol–water partition coefficient (Wildman–Crippen LogP) is 13.1. The highest BCUT2D eigenvalue weighted by Crippen LogP contribution is 2.58. The minimum absolute atomic E-state index is 0.0203. The molecule has 7 aromatic rings. The van der Waals surface area contributed by atoms with Gasteiger partial charge in [0.15, 0.2) is 0 Å². The molecule has 6 aromatic carbocycles. The zero-order valence-electron chi connectivity index (χ0n) is 36.2. The summed E-state index contributed by atoms with van der Waals surface area (Å²) in [5.74, 6) is 2.32. The van der Waals surface area contributed by atoms with Gasteiger partial charge in [-0.3, -0.25) is 0 Å². The van der Waals surface area contributed by atoms with Crippen molar-refractivity contribution < 1.29 is 12.8 Å². The topological polar surface area (TPSA) is 47.3 Å². The van der Waals surface area contributed by atoms with Crippen LogP contribution in [0.2, 0.25) is 0 Å². The molecular weight excluding hydrogens is 753 g/mol. The number of benzene rings is 6. The quantitative estimate of drug-likeness (QED) is 0.178. The Morgan fingerprint density at radius 3 is 1.65 bits per heavy atom. The minimum atomic E-state index is -3.81. The van der Waals surface area contributed by atoms with Crippen LogP contribution in [0.15, 0.2) is 94.2 Å². The minimum Gasteiger partial charge on any atom is -0.455 e. The number of furan rings is 1. The third-order valence-corrected chi connectivity index (χ3v) is 16.8. The van der Waals surface area contributed by atoms with Crippen LogP contribution >= 0.6 is 0 Å². The van der Waals surface area contributed by atoms with Crippen LogP contribution in [0.5, 0.6) is 0 Å². The van der Waals surface area contributed by atoms with Gasteiger partial charge in [-0.05, 0) is 130 Å². The van der Waals surface area contributed by atoms with Crippen molar-refractivity contribution in [3.8, 4) is 11.3 Å². The zero-order valence-corrected chi connectivity index (χ0v) is 37.0. The second kappa shape index (κ2) is 11.9. The molecule has 0 saturated heterocycles. The fourth-order valence-corrected chi connectivity index (χ4v) is 13.9. The van der Waals surface area contributed by atoms with E-state index in [-0.39, 0.29) is 17.8 Å². The van der Waals surface area contributed by atoms with Crippen LogP contribution < -0.4 is 10.4 Å². The molecule has 0 fully saturated rings. The molecule has 0 bridgehead atoms. The van der Waals surface area contributed by atoms with Crippen LogP contribution in [0.1, 0.15) is 177 Å². The molecule has 3 nitrogen and oxygen atoms in total. The Balaban J connectivity index is 1.32. The average molecular weight is 803 g/mol. The molecule has 12 rings (SSSR count). The number of allylic oxidation sites excluding steroid dienone is 1. The molecule has 0 spiro atoms. The average Bonchev–Trinajstić information content (AvgIpc) is 3.93. The fourth-order valence-electron chi connectivity index (χ4n) is 12.0. The van der Waals surface area contributed by atoms with Gasteiger partial charge in [0, 0.05) is 50.6 Å². The summed E-state index contributed by atoms with van der Waals surface area (Å²) < 4.78 is 37.2. The number of hydrogen-bond acceptors (Lipinski definition) is 3. The maximum atomic E-state index is 15.1. The monoisotopic (exact) mass is 802 g/mol. The Morgan fingerprint density at radius 2 is 1.05 bits per heavy atom. The van der Waals surface area contributed by atoms with E-state index in [0.717, 1.165) is 55.2 Å². The molecule has 2 atom stereocenters. The van der Waals surface area contributed by atoms with Crippen LogP contribution in [-0.4, -0.2) is 8.42 Å². The Kier molecular flexibility index (Phi) is 7.21. The lowest BCUT2D eigenvalue weighted by Crippen LogP contribution is -2.29. The second-order valence-electron chi connectivity index (χ2n) is 19.5. The Bertz CT molecular complexity index is 3470. The Labute approximate surface area is 353 Å². The van der Waals surface area contributed by atoms with Gasteiger partial charge in [-0.1, -0.05) is 130 Å². The van der Waals surface area contributed by atoms with Gasteiger partial charge in [-0.2, -0.15) is 0 Å². The molecule has 0 radical (unpaired) electrons. The van der Waals surface area contributed by atoms with Crippen molar-refractivity contribution in [2.24, 2.45) is 0 Å². The highest BCUT2D eigenvalue weighted by atomic mass is 32.2.